The van der Waals surface area contributed by atoms with Gasteiger partial charge in [-0.05, 0) is 30.9 Å². The van der Waals surface area contributed by atoms with Crippen LogP contribution in [0.15, 0.2) is 18.2 Å². The van der Waals surface area contributed by atoms with E-state index in [1.54, 1.807) is 12.1 Å². The number of nitrogens with zero attached hydrogens (tertiary/aromatic N) is 1. The van der Waals surface area contributed by atoms with Crippen molar-refractivity contribution in [3.63, 3.8) is 0 Å². The molecule has 3 heteroatoms. The number of aryl methyl sites for hydroxylation is 1. The van der Waals surface area contributed by atoms with Gasteiger partial charge in [-0.25, -0.2) is 9.37 Å². The van der Waals surface area contributed by atoms with E-state index in [0.717, 1.165) is 36.8 Å². The molecule has 16 heavy (non-hydrogen) atoms. The highest BCUT2D eigenvalue weighted by Gasteiger charge is 2.20. The van der Waals surface area contributed by atoms with Gasteiger partial charge < -0.3 is 0 Å². The van der Waals surface area contributed by atoms with Gasteiger partial charge in [-0.2, -0.15) is 0 Å². The zero-order chi connectivity index (χ0) is 11.1. The monoisotopic (exact) mass is 215 g/mol. The molecule has 2 nitrogen and oxygen atoms in total. The van der Waals surface area contributed by atoms with Crippen LogP contribution < -0.4 is 0 Å². The van der Waals surface area contributed by atoms with Gasteiger partial charge in [0.15, 0.2) is 6.29 Å². The van der Waals surface area contributed by atoms with Crippen molar-refractivity contribution >= 4 is 17.2 Å². The van der Waals surface area contributed by atoms with Gasteiger partial charge in [0, 0.05) is 16.6 Å². The maximum Gasteiger partial charge on any atom is 0.151 e. The van der Waals surface area contributed by atoms with E-state index in [9.17, 15) is 9.18 Å². The molecule has 1 heterocycles. The maximum absolute atomic E-state index is 13.6. The van der Waals surface area contributed by atoms with Crippen LogP contribution in [-0.2, 0) is 12.8 Å². The van der Waals surface area contributed by atoms with E-state index >= 15 is 0 Å². The van der Waals surface area contributed by atoms with E-state index in [2.05, 4.69) is 4.98 Å². The number of para-hydroxylation sites is 1. The Kier molecular flexibility index (Phi) is 1.99. The summed E-state index contributed by atoms with van der Waals surface area (Å²) in [4.78, 5) is 15.5. The number of aldehydes is 1. The molecule has 0 N–H and O–H groups in total. The van der Waals surface area contributed by atoms with Crippen LogP contribution in [0, 0.1) is 5.82 Å². The molecular weight excluding hydrogens is 205 g/mol. The van der Waals surface area contributed by atoms with E-state index in [1.807, 2.05) is 0 Å². The van der Waals surface area contributed by atoms with Gasteiger partial charge >= 0.3 is 0 Å². The molecule has 3 rings (SSSR count). The molecule has 1 aromatic heterocycles. The smallest absolute Gasteiger partial charge is 0.151 e. The van der Waals surface area contributed by atoms with Crippen molar-refractivity contribution in [2.75, 3.05) is 0 Å². The molecule has 80 valence electrons. The van der Waals surface area contributed by atoms with Crippen molar-refractivity contribution in [3.8, 4) is 0 Å². The minimum Gasteiger partial charge on any atom is -0.298 e. The molecule has 1 aliphatic carbocycles. The number of rotatable bonds is 1. The number of hydrogen-bond acceptors (Lipinski definition) is 2. The van der Waals surface area contributed by atoms with Crippen LogP contribution in [0.1, 0.15) is 28.0 Å². The highest BCUT2D eigenvalue weighted by molar-refractivity contribution is 5.98. The van der Waals surface area contributed by atoms with Crippen molar-refractivity contribution in [3.05, 3.63) is 40.8 Å². The van der Waals surface area contributed by atoms with Gasteiger partial charge in [-0.3, -0.25) is 4.79 Å². The SMILES string of the molecule is O=Cc1c2c(nc3c(F)cccc13)CCC2. The largest absolute Gasteiger partial charge is 0.298 e. The molecule has 0 atom stereocenters. The van der Waals surface area contributed by atoms with Gasteiger partial charge in [0.25, 0.3) is 0 Å². The van der Waals surface area contributed by atoms with Crippen LogP contribution >= 0.6 is 0 Å². The minimum absolute atomic E-state index is 0.324. The summed E-state index contributed by atoms with van der Waals surface area (Å²) in [6.45, 7) is 0. The van der Waals surface area contributed by atoms with Crippen molar-refractivity contribution in [2.24, 2.45) is 0 Å². The molecule has 0 aliphatic heterocycles. The van der Waals surface area contributed by atoms with Crippen LogP contribution in [-0.4, -0.2) is 11.3 Å². The molecule has 0 saturated carbocycles. The predicted octanol–water partition coefficient (Wildman–Crippen LogP) is 2.68. The molecule has 0 radical (unpaired) electrons. The lowest BCUT2D eigenvalue weighted by Gasteiger charge is -2.07. The number of hydrogen-bond donors (Lipinski definition) is 0. The summed E-state index contributed by atoms with van der Waals surface area (Å²) in [5.74, 6) is -0.352. The molecular formula is C13H10FNO. The van der Waals surface area contributed by atoms with Gasteiger partial charge in [0.2, 0.25) is 0 Å². The lowest BCUT2D eigenvalue weighted by Crippen LogP contribution is -1.99. The van der Waals surface area contributed by atoms with Gasteiger partial charge in [-0.1, -0.05) is 12.1 Å². The Balaban J connectivity index is 2.48. The quantitative estimate of drug-likeness (QED) is 0.684. The Morgan fingerprint density at radius 2 is 2.19 bits per heavy atom. The second-order valence-electron chi connectivity index (χ2n) is 4.06. The second kappa shape index (κ2) is 3.37. The highest BCUT2D eigenvalue weighted by atomic mass is 19.1. The molecule has 2 aromatic rings. The molecule has 1 aliphatic rings. The maximum atomic E-state index is 13.6. The van der Waals surface area contributed by atoms with Crippen molar-refractivity contribution < 1.29 is 9.18 Å². The summed E-state index contributed by atoms with van der Waals surface area (Å²) >= 11 is 0. The fraction of sp³-hybridized carbons (Fsp3) is 0.231. The summed E-state index contributed by atoms with van der Waals surface area (Å²) in [5.41, 5.74) is 2.84. The van der Waals surface area contributed by atoms with Gasteiger partial charge in [0.05, 0.1) is 0 Å². The molecule has 0 amide bonds. The highest BCUT2D eigenvalue weighted by Crippen LogP contribution is 2.29. The first-order chi connectivity index (χ1) is 7.81. The standard InChI is InChI=1S/C13H10FNO/c14-11-5-1-4-9-10(7-16)8-3-2-6-12(8)15-13(9)11/h1,4-5,7H,2-3,6H2. The average Bonchev–Trinajstić information content (AvgIpc) is 2.75. The Morgan fingerprint density at radius 3 is 3.00 bits per heavy atom. The minimum atomic E-state index is -0.352. The van der Waals surface area contributed by atoms with E-state index in [0.29, 0.717) is 16.5 Å². The average molecular weight is 215 g/mol. The summed E-state index contributed by atoms with van der Waals surface area (Å²) < 4.78 is 13.6. The van der Waals surface area contributed by atoms with Crippen LogP contribution in [0.5, 0.6) is 0 Å². The molecule has 0 bridgehead atoms. The van der Waals surface area contributed by atoms with Crippen molar-refractivity contribution in [1.29, 1.82) is 0 Å². The van der Waals surface area contributed by atoms with E-state index < -0.39 is 0 Å². The summed E-state index contributed by atoms with van der Waals surface area (Å²) in [6.07, 6.45) is 3.55. The summed E-state index contributed by atoms with van der Waals surface area (Å²) in [5, 5.41) is 0.635. The van der Waals surface area contributed by atoms with Crippen LogP contribution in [0.4, 0.5) is 4.39 Å². The fourth-order valence-electron chi connectivity index (χ4n) is 2.42. The summed E-state index contributed by atoms with van der Waals surface area (Å²) in [7, 11) is 0. The van der Waals surface area contributed by atoms with Crippen LogP contribution in [0.25, 0.3) is 10.9 Å². The fourth-order valence-corrected chi connectivity index (χ4v) is 2.42. The van der Waals surface area contributed by atoms with Crippen molar-refractivity contribution in [2.45, 2.75) is 19.3 Å². The zero-order valence-electron chi connectivity index (χ0n) is 8.66. The first-order valence-corrected chi connectivity index (χ1v) is 5.36. The third-order valence-electron chi connectivity index (χ3n) is 3.16. The van der Waals surface area contributed by atoms with Gasteiger partial charge in [0.1, 0.15) is 11.3 Å². The Hall–Kier alpha value is -1.77. The van der Waals surface area contributed by atoms with E-state index in [1.165, 1.54) is 6.07 Å². The summed E-state index contributed by atoms with van der Waals surface area (Å²) in [6, 6.07) is 4.76. The van der Waals surface area contributed by atoms with Crippen LogP contribution in [0.2, 0.25) is 0 Å². The number of carbonyl (C=O) groups excluding carboxylic acids is 1. The van der Waals surface area contributed by atoms with Gasteiger partial charge in [-0.15, -0.1) is 0 Å². The number of fused-ring (bicyclic) bond motifs is 2. The Bertz CT molecular complexity index is 592. The Labute approximate surface area is 92.1 Å². The third-order valence-corrected chi connectivity index (χ3v) is 3.16. The number of benzene rings is 1. The lowest BCUT2D eigenvalue weighted by molar-refractivity contribution is 0.112. The Morgan fingerprint density at radius 1 is 1.31 bits per heavy atom. The van der Waals surface area contributed by atoms with E-state index in [-0.39, 0.29) is 5.82 Å². The zero-order valence-corrected chi connectivity index (χ0v) is 8.66. The van der Waals surface area contributed by atoms with E-state index in [4.69, 9.17) is 0 Å². The predicted molar refractivity (Wildman–Crippen MR) is 59.1 cm³/mol. The number of halogens is 1. The normalized spacial score (nSPS) is 14.1. The molecule has 1 aromatic carbocycles. The number of carbonyl (C=O) groups is 1. The molecule has 0 spiro atoms. The number of pyridine rings is 1. The lowest BCUT2D eigenvalue weighted by atomic mass is 10.0. The topological polar surface area (TPSA) is 30.0 Å². The van der Waals surface area contributed by atoms with Crippen LogP contribution in [0.3, 0.4) is 0 Å². The second-order valence-corrected chi connectivity index (χ2v) is 4.06. The first-order valence-electron chi connectivity index (χ1n) is 5.36. The molecule has 0 saturated heterocycles. The molecule has 0 fully saturated rings. The number of aromatic nitrogens is 1. The van der Waals surface area contributed by atoms with Crippen molar-refractivity contribution in [1.82, 2.24) is 4.98 Å². The molecule has 0 unspecified atom stereocenters. The third kappa shape index (κ3) is 1.18. The first kappa shape index (κ1) is 9.46.